The van der Waals surface area contributed by atoms with Crippen molar-refractivity contribution in [3.8, 4) is 0 Å². The first-order valence-corrected chi connectivity index (χ1v) is 6.12. The van der Waals surface area contributed by atoms with Crippen molar-refractivity contribution in [2.24, 2.45) is 5.41 Å². The number of hydrogen-bond donors (Lipinski definition) is 1. The predicted molar refractivity (Wildman–Crippen MR) is 66.6 cm³/mol. The molecule has 0 radical (unpaired) electrons. The van der Waals surface area contributed by atoms with Crippen LogP contribution in [0.25, 0.3) is 0 Å². The second-order valence-electron chi connectivity index (χ2n) is 6.60. The minimum Gasteiger partial charge on any atom is -0.550 e. The van der Waals surface area contributed by atoms with E-state index in [0.29, 0.717) is 10.9 Å². The van der Waals surface area contributed by atoms with Crippen molar-refractivity contribution >= 4 is 11.8 Å². The van der Waals surface area contributed by atoms with E-state index in [1.54, 1.807) is 35.0 Å². The normalized spacial score (nSPS) is 16.2. The molecule has 0 rings (SSSR count). The molecule has 5 nitrogen and oxygen atoms in total. The molecule has 106 valence electrons. The number of ketones is 1. The standard InChI is InChI=1S/C13H25NO4/c1-7-12(2,3)11(17)13(18,8-10(15)16)9-14(4,5)6/h18H,7-9H2,1-6H3/t13-/m1/s1. The molecule has 0 aliphatic rings. The Morgan fingerprint density at radius 3 is 1.94 bits per heavy atom. The molecule has 0 aromatic carbocycles. The van der Waals surface area contributed by atoms with E-state index >= 15 is 0 Å². The Balaban J connectivity index is 5.35. The van der Waals surface area contributed by atoms with Gasteiger partial charge in [-0.1, -0.05) is 20.8 Å². The third-order valence-corrected chi connectivity index (χ3v) is 3.09. The van der Waals surface area contributed by atoms with E-state index in [1.165, 1.54) is 0 Å². The zero-order valence-corrected chi connectivity index (χ0v) is 12.2. The van der Waals surface area contributed by atoms with Crippen LogP contribution >= 0.6 is 0 Å². The number of aliphatic hydroxyl groups is 1. The average Bonchev–Trinajstić information content (AvgIpc) is 2.12. The molecule has 0 aromatic heterocycles. The summed E-state index contributed by atoms with van der Waals surface area (Å²) in [4.78, 5) is 23.2. The van der Waals surface area contributed by atoms with Crippen LogP contribution in [0.1, 0.15) is 33.6 Å². The number of aliphatic carboxylic acids is 1. The third kappa shape index (κ3) is 4.74. The number of carbonyl (C=O) groups is 2. The molecule has 0 bridgehead atoms. The summed E-state index contributed by atoms with van der Waals surface area (Å²) >= 11 is 0. The van der Waals surface area contributed by atoms with Crippen LogP contribution in [-0.4, -0.2) is 54.6 Å². The van der Waals surface area contributed by atoms with Crippen LogP contribution in [0.15, 0.2) is 0 Å². The molecule has 1 atom stereocenters. The number of hydrogen-bond acceptors (Lipinski definition) is 4. The van der Waals surface area contributed by atoms with Crippen molar-refractivity contribution in [2.75, 3.05) is 27.7 Å². The number of rotatable bonds is 7. The molecule has 0 unspecified atom stereocenters. The van der Waals surface area contributed by atoms with Gasteiger partial charge in [0.25, 0.3) is 0 Å². The second kappa shape index (κ2) is 5.36. The SMILES string of the molecule is CCC(C)(C)C(=O)[C@@](O)(CC(=O)[O-])C[N+](C)(C)C. The van der Waals surface area contributed by atoms with Crippen LogP contribution in [-0.2, 0) is 9.59 Å². The van der Waals surface area contributed by atoms with Crippen molar-refractivity contribution in [2.45, 2.75) is 39.2 Å². The van der Waals surface area contributed by atoms with E-state index in [9.17, 15) is 19.8 Å². The van der Waals surface area contributed by atoms with Crippen LogP contribution in [0.4, 0.5) is 0 Å². The van der Waals surface area contributed by atoms with Gasteiger partial charge in [-0.05, 0) is 6.42 Å². The highest BCUT2D eigenvalue weighted by Gasteiger charge is 2.47. The van der Waals surface area contributed by atoms with Crippen LogP contribution < -0.4 is 5.11 Å². The minimum absolute atomic E-state index is 0.0449. The summed E-state index contributed by atoms with van der Waals surface area (Å²) < 4.78 is 0.301. The Bertz CT molecular complexity index is 330. The third-order valence-electron chi connectivity index (χ3n) is 3.09. The Labute approximate surface area is 109 Å². The lowest BCUT2D eigenvalue weighted by atomic mass is 9.75. The van der Waals surface area contributed by atoms with Gasteiger partial charge in [0.05, 0.1) is 21.1 Å². The molecule has 0 fully saturated rings. The van der Waals surface area contributed by atoms with Crippen LogP contribution in [0, 0.1) is 5.41 Å². The Morgan fingerprint density at radius 2 is 1.67 bits per heavy atom. The highest BCUT2D eigenvalue weighted by Crippen LogP contribution is 2.30. The molecule has 0 aliphatic carbocycles. The van der Waals surface area contributed by atoms with E-state index in [0.717, 1.165) is 0 Å². The highest BCUT2D eigenvalue weighted by atomic mass is 16.4. The van der Waals surface area contributed by atoms with E-state index in [4.69, 9.17) is 0 Å². The summed E-state index contributed by atoms with van der Waals surface area (Å²) in [5.41, 5.74) is -2.63. The average molecular weight is 259 g/mol. The van der Waals surface area contributed by atoms with Crippen molar-refractivity contribution < 1.29 is 24.3 Å². The molecule has 0 saturated carbocycles. The lowest BCUT2D eigenvalue weighted by molar-refractivity contribution is -0.875. The maximum Gasteiger partial charge on any atom is 0.177 e. The Morgan fingerprint density at radius 1 is 1.22 bits per heavy atom. The first kappa shape index (κ1) is 17.1. The highest BCUT2D eigenvalue weighted by molar-refractivity contribution is 5.94. The molecule has 0 aliphatic heterocycles. The second-order valence-corrected chi connectivity index (χ2v) is 6.60. The monoisotopic (exact) mass is 259 g/mol. The van der Waals surface area contributed by atoms with E-state index in [1.807, 2.05) is 6.92 Å². The van der Waals surface area contributed by atoms with E-state index in [-0.39, 0.29) is 6.54 Å². The number of carboxylic acid groups (broad SMARTS) is 1. The number of carboxylic acids is 1. The fourth-order valence-corrected chi connectivity index (χ4v) is 2.02. The molecule has 0 saturated heterocycles. The molecular weight excluding hydrogens is 234 g/mol. The number of Topliss-reactive ketones (excluding diaryl/α,β-unsaturated/α-hetero) is 1. The maximum absolute atomic E-state index is 12.4. The smallest absolute Gasteiger partial charge is 0.177 e. The van der Waals surface area contributed by atoms with Crippen molar-refractivity contribution in [1.29, 1.82) is 0 Å². The van der Waals surface area contributed by atoms with Crippen LogP contribution in [0.5, 0.6) is 0 Å². The summed E-state index contributed by atoms with van der Waals surface area (Å²) in [6.07, 6.45) is -0.122. The zero-order valence-electron chi connectivity index (χ0n) is 12.2. The van der Waals surface area contributed by atoms with Gasteiger partial charge in [-0.15, -0.1) is 0 Å². The molecule has 0 heterocycles. The molecule has 0 spiro atoms. The Kier molecular flexibility index (Phi) is 5.08. The van der Waals surface area contributed by atoms with Crippen LogP contribution in [0.3, 0.4) is 0 Å². The van der Waals surface area contributed by atoms with E-state index < -0.39 is 29.2 Å². The minimum atomic E-state index is -1.88. The lowest BCUT2D eigenvalue weighted by Crippen LogP contribution is -2.59. The topological polar surface area (TPSA) is 77.4 Å². The molecule has 0 amide bonds. The molecule has 0 aromatic rings. The Hall–Kier alpha value is -0.940. The fourth-order valence-electron chi connectivity index (χ4n) is 2.02. The molecule has 18 heavy (non-hydrogen) atoms. The molecule has 5 heteroatoms. The van der Waals surface area contributed by atoms with Gasteiger partial charge in [0.1, 0.15) is 6.54 Å². The molecule has 1 N–H and O–H groups in total. The van der Waals surface area contributed by atoms with Crippen molar-refractivity contribution in [1.82, 2.24) is 0 Å². The van der Waals surface area contributed by atoms with Gasteiger partial charge in [-0.25, -0.2) is 0 Å². The predicted octanol–water partition coefficient (Wildman–Crippen LogP) is -0.431. The van der Waals surface area contributed by atoms with Gasteiger partial charge in [0.15, 0.2) is 11.4 Å². The quantitative estimate of drug-likeness (QED) is 0.629. The first-order valence-electron chi connectivity index (χ1n) is 6.12. The zero-order chi connectivity index (χ0) is 14.8. The van der Waals surface area contributed by atoms with Gasteiger partial charge in [0.2, 0.25) is 0 Å². The van der Waals surface area contributed by atoms with Crippen molar-refractivity contribution in [3.63, 3.8) is 0 Å². The largest absolute Gasteiger partial charge is 0.550 e. The molecular formula is C13H25NO4. The number of quaternary nitrogens is 1. The summed E-state index contributed by atoms with van der Waals surface area (Å²) in [7, 11) is 5.39. The summed E-state index contributed by atoms with van der Waals surface area (Å²) in [6.45, 7) is 5.31. The number of likely N-dealkylation sites (N-methyl/N-ethyl adjacent to an activating group) is 1. The maximum atomic E-state index is 12.4. The van der Waals surface area contributed by atoms with Gasteiger partial charge < -0.3 is 19.5 Å². The lowest BCUT2D eigenvalue weighted by Gasteiger charge is -2.38. The number of nitrogens with zero attached hydrogens (tertiary/aromatic N) is 1. The van der Waals surface area contributed by atoms with E-state index in [2.05, 4.69) is 0 Å². The summed E-state index contributed by atoms with van der Waals surface area (Å²) in [6, 6.07) is 0. The van der Waals surface area contributed by atoms with Gasteiger partial charge in [-0.3, -0.25) is 4.79 Å². The summed E-state index contributed by atoms with van der Waals surface area (Å²) in [5.74, 6) is -1.85. The first-order chi connectivity index (χ1) is 7.84. The van der Waals surface area contributed by atoms with Gasteiger partial charge in [0, 0.05) is 17.8 Å². The fraction of sp³-hybridized carbons (Fsp3) is 0.846. The van der Waals surface area contributed by atoms with Crippen LogP contribution in [0.2, 0.25) is 0 Å². The van der Waals surface area contributed by atoms with Crippen molar-refractivity contribution in [3.05, 3.63) is 0 Å². The van der Waals surface area contributed by atoms with Gasteiger partial charge >= 0.3 is 0 Å². The number of carbonyl (C=O) groups excluding carboxylic acids is 2. The summed E-state index contributed by atoms with van der Waals surface area (Å²) in [5, 5.41) is 21.3. The van der Waals surface area contributed by atoms with Gasteiger partial charge in [-0.2, -0.15) is 0 Å².